The highest BCUT2D eigenvalue weighted by Crippen LogP contribution is 2.25. The molecule has 0 spiro atoms. The summed E-state index contributed by atoms with van der Waals surface area (Å²) in [5, 5.41) is 8.66. The molecule has 0 aliphatic carbocycles. The fourth-order valence-electron chi connectivity index (χ4n) is 2.01. The number of aromatic nitrogens is 2. The maximum atomic E-state index is 5.86. The molecule has 0 saturated carbocycles. The lowest BCUT2D eigenvalue weighted by Gasteiger charge is -2.04. The van der Waals surface area contributed by atoms with Gasteiger partial charge in [0.2, 0.25) is 0 Å². The highest BCUT2D eigenvalue weighted by Gasteiger charge is 2.21. The minimum atomic E-state index is 0.399. The highest BCUT2D eigenvalue weighted by atomic mass is 35.5. The lowest BCUT2D eigenvalue weighted by Crippen LogP contribution is -2.09. The van der Waals surface area contributed by atoms with Crippen molar-refractivity contribution in [2.24, 2.45) is 0 Å². The van der Waals surface area contributed by atoms with E-state index in [4.69, 9.17) is 11.6 Å². The molecule has 1 aromatic carbocycles. The summed E-state index contributed by atoms with van der Waals surface area (Å²) in [5.41, 5.74) is 3.48. The van der Waals surface area contributed by atoms with Gasteiger partial charge in [-0.1, -0.05) is 11.6 Å². The summed E-state index contributed by atoms with van der Waals surface area (Å²) in [6.07, 6.45) is 2.09. The normalized spacial score (nSPS) is 18.8. The number of hydrogen-bond donors (Lipinski definition) is 1. The van der Waals surface area contributed by atoms with Gasteiger partial charge in [0.05, 0.1) is 11.4 Å². The van der Waals surface area contributed by atoms with Gasteiger partial charge in [-0.05, 0) is 31.2 Å². The van der Waals surface area contributed by atoms with Crippen LogP contribution in [-0.2, 0) is 6.54 Å². The largest absolute Gasteiger partial charge is 0.304 e. The predicted molar refractivity (Wildman–Crippen MR) is 63.8 cm³/mol. The second-order valence-electron chi connectivity index (χ2n) is 4.05. The molecule has 0 radical (unpaired) electrons. The van der Waals surface area contributed by atoms with Crippen molar-refractivity contribution in [2.75, 3.05) is 0 Å². The molecule has 0 saturated heterocycles. The Morgan fingerprint density at radius 1 is 1.38 bits per heavy atom. The van der Waals surface area contributed by atoms with Crippen LogP contribution in [0.25, 0.3) is 5.69 Å². The molecular weight excluding hydrogens is 222 g/mol. The lowest BCUT2D eigenvalue weighted by atomic mass is 10.2. The Bertz CT molecular complexity index is 516. The number of fused-ring (bicyclic) bond motifs is 1. The summed E-state index contributed by atoms with van der Waals surface area (Å²) in [6, 6.07) is 8.11. The standard InChI is InChI=1S/C12H12ClN3/c1-8-11-7-16(15-12(11)6-14-8)10-4-2-9(13)3-5-10/h2-5,7-8,14H,6H2,1H3. The van der Waals surface area contributed by atoms with Gasteiger partial charge in [0, 0.05) is 29.4 Å². The van der Waals surface area contributed by atoms with E-state index in [9.17, 15) is 0 Å². The Kier molecular flexibility index (Phi) is 2.23. The third kappa shape index (κ3) is 1.52. The Labute approximate surface area is 99.0 Å². The van der Waals surface area contributed by atoms with E-state index in [-0.39, 0.29) is 0 Å². The molecular formula is C12H12ClN3. The van der Waals surface area contributed by atoms with Crippen LogP contribution in [0.5, 0.6) is 0 Å². The quantitative estimate of drug-likeness (QED) is 0.821. The van der Waals surface area contributed by atoms with E-state index in [2.05, 4.69) is 23.5 Å². The van der Waals surface area contributed by atoms with Crippen LogP contribution in [0.3, 0.4) is 0 Å². The number of nitrogens with zero attached hydrogens (tertiary/aromatic N) is 2. The Hall–Kier alpha value is -1.32. The maximum absolute atomic E-state index is 5.86. The average molecular weight is 234 g/mol. The van der Waals surface area contributed by atoms with Crippen molar-refractivity contribution in [3.63, 3.8) is 0 Å². The Morgan fingerprint density at radius 2 is 2.12 bits per heavy atom. The highest BCUT2D eigenvalue weighted by molar-refractivity contribution is 6.30. The van der Waals surface area contributed by atoms with Crippen molar-refractivity contribution in [3.05, 3.63) is 46.7 Å². The molecule has 0 fully saturated rings. The molecule has 2 aromatic rings. The monoisotopic (exact) mass is 233 g/mol. The van der Waals surface area contributed by atoms with Gasteiger partial charge < -0.3 is 5.32 Å². The molecule has 16 heavy (non-hydrogen) atoms. The first-order valence-electron chi connectivity index (χ1n) is 5.32. The topological polar surface area (TPSA) is 29.9 Å². The number of rotatable bonds is 1. The van der Waals surface area contributed by atoms with Crippen molar-refractivity contribution in [1.82, 2.24) is 15.1 Å². The molecule has 1 aliphatic heterocycles. The van der Waals surface area contributed by atoms with E-state index in [1.165, 1.54) is 5.56 Å². The van der Waals surface area contributed by atoms with Gasteiger partial charge in [-0.25, -0.2) is 4.68 Å². The van der Waals surface area contributed by atoms with Crippen LogP contribution in [0.15, 0.2) is 30.5 Å². The van der Waals surface area contributed by atoms with E-state index >= 15 is 0 Å². The van der Waals surface area contributed by atoms with E-state index in [1.807, 2.05) is 28.9 Å². The molecule has 1 aromatic heterocycles. The number of halogens is 1. The van der Waals surface area contributed by atoms with E-state index < -0.39 is 0 Å². The molecule has 1 aliphatic rings. The van der Waals surface area contributed by atoms with Crippen molar-refractivity contribution in [3.8, 4) is 5.69 Å². The molecule has 3 rings (SSSR count). The summed E-state index contributed by atoms with van der Waals surface area (Å²) < 4.78 is 1.92. The molecule has 4 heteroatoms. The third-order valence-corrected chi connectivity index (χ3v) is 3.21. The van der Waals surface area contributed by atoms with Crippen molar-refractivity contribution in [1.29, 1.82) is 0 Å². The second-order valence-corrected chi connectivity index (χ2v) is 4.49. The molecule has 82 valence electrons. The van der Waals surface area contributed by atoms with Crippen LogP contribution in [-0.4, -0.2) is 9.78 Å². The summed E-state index contributed by atoms with van der Waals surface area (Å²) in [7, 11) is 0. The van der Waals surface area contributed by atoms with Crippen LogP contribution >= 0.6 is 11.6 Å². The van der Waals surface area contributed by atoms with Crippen LogP contribution in [0.4, 0.5) is 0 Å². The molecule has 3 nitrogen and oxygen atoms in total. The zero-order valence-corrected chi connectivity index (χ0v) is 9.70. The fraction of sp³-hybridized carbons (Fsp3) is 0.250. The SMILES string of the molecule is CC1NCc2nn(-c3ccc(Cl)cc3)cc21. The maximum Gasteiger partial charge on any atom is 0.0814 e. The zero-order valence-electron chi connectivity index (χ0n) is 8.94. The third-order valence-electron chi connectivity index (χ3n) is 2.96. The number of benzene rings is 1. The molecule has 1 atom stereocenters. The molecule has 1 unspecified atom stereocenters. The van der Waals surface area contributed by atoms with E-state index in [1.54, 1.807) is 0 Å². The molecule has 0 bridgehead atoms. The first kappa shape index (κ1) is 9.87. The molecule has 0 amide bonds. The van der Waals surface area contributed by atoms with Crippen LogP contribution in [0.2, 0.25) is 5.02 Å². The predicted octanol–water partition coefficient (Wildman–Crippen LogP) is 2.69. The Morgan fingerprint density at radius 3 is 2.81 bits per heavy atom. The summed E-state index contributed by atoms with van der Waals surface area (Å²) in [6.45, 7) is 3.01. The first-order valence-corrected chi connectivity index (χ1v) is 5.69. The van der Waals surface area contributed by atoms with Gasteiger partial charge in [0.15, 0.2) is 0 Å². The van der Waals surface area contributed by atoms with Crippen LogP contribution < -0.4 is 5.32 Å². The zero-order chi connectivity index (χ0) is 11.1. The van der Waals surface area contributed by atoms with E-state index in [0.29, 0.717) is 6.04 Å². The van der Waals surface area contributed by atoms with Gasteiger partial charge in [-0.2, -0.15) is 5.10 Å². The van der Waals surface area contributed by atoms with Gasteiger partial charge in [0.25, 0.3) is 0 Å². The summed E-state index contributed by atoms with van der Waals surface area (Å²) >= 11 is 5.86. The number of nitrogens with one attached hydrogen (secondary N) is 1. The van der Waals surface area contributed by atoms with Crippen molar-refractivity contribution >= 4 is 11.6 Å². The Balaban J connectivity index is 2.02. The molecule has 2 heterocycles. The minimum Gasteiger partial charge on any atom is -0.304 e. The van der Waals surface area contributed by atoms with Crippen molar-refractivity contribution < 1.29 is 0 Å². The minimum absolute atomic E-state index is 0.399. The van der Waals surface area contributed by atoms with Gasteiger partial charge in [0.1, 0.15) is 0 Å². The fourth-order valence-corrected chi connectivity index (χ4v) is 2.13. The molecule has 1 N–H and O–H groups in total. The van der Waals surface area contributed by atoms with Gasteiger partial charge in [-0.15, -0.1) is 0 Å². The summed E-state index contributed by atoms with van der Waals surface area (Å²) in [5.74, 6) is 0. The smallest absolute Gasteiger partial charge is 0.0814 e. The lowest BCUT2D eigenvalue weighted by molar-refractivity contribution is 0.617. The van der Waals surface area contributed by atoms with Crippen LogP contribution in [0, 0.1) is 0 Å². The van der Waals surface area contributed by atoms with Gasteiger partial charge in [-0.3, -0.25) is 0 Å². The first-order chi connectivity index (χ1) is 7.74. The average Bonchev–Trinajstić information content (AvgIpc) is 2.83. The summed E-state index contributed by atoms with van der Waals surface area (Å²) in [4.78, 5) is 0. The van der Waals surface area contributed by atoms with Crippen molar-refractivity contribution in [2.45, 2.75) is 19.5 Å². The number of hydrogen-bond acceptors (Lipinski definition) is 2. The van der Waals surface area contributed by atoms with E-state index in [0.717, 1.165) is 22.9 Å². The van der Waals surface area contributed by atoms with Gasteiger partial charge >= 0.3 is 0 Å². The van der Waals surface area contributed by atoms with Crippen LogP contribution in [0.1, 0.15) is 24.2 Å². The second kappa shape index (κ2) is 3.61.